The van der Waals surface area contributed by atoms with E-state index in [1.165, 1.54) is 30.0 Å². The Morgan fingerprint density at radius 1 is 1.29 bits per heavy atom. The van der Waals surface area contributed by atoms with Gasteiger partial charge in [0.25, 0.3) is 5.91 Å². The summed E-state index contributed by atoms with van der Waals surface area (Å²) in [4.78, 5) is 42.1. The Morgan fingerprint density at radius 3 is 2.66 bits per heavy atom. The van der Waals surface area contributed by atoms with Gasteiger partial charge in [-0.05, 0) is 69.5 Å². The molecular weight excluding hydrogens is 475 g/mol. The van der Waals surface area contributed by atoms with Gasteiger partial charge in [-0.15, -0.1) is 0 Å². The second-order valence-electron chi connectivity index (χ2n) is 9.55. The summed E-state index contributed by atoms with van der Waals surface area (Å²) in [7, 11) is 0. The third-order valence-electron chi connectivity index (χ3n) is 5.02. The lowest BCUT2D eigenvalue weighted by Gasteiger charge is -2.28. The number of alkyl carbamates (subject to hydrolysis) is 1. The highest BCUT2D eigenvalue weighted by Crippen LogP contribution is 2.33. The van der Waals surface area contributed by atoms with E-state index in [2.05, 4.69) is 15.7 Å². The number of thioether (sulfide) groups is 1. The number of amides is 2. The Hall–Kier alpha value is -2.92. The van der Waals surface area contributed by atoms with E-state index in [-0.39, 0.29) is 11.7 Å². The zero-order chi connectivity index (χ0) is 25.8. The van der Waals surface area contributed by atoms with E-state index in [1.807, 2.05) is 5.01 Å². The Morgan fingerprint density at radius 2 is 2.03 bits per heavy atom. The minimum absolute atomic E-state index is 0.0721. The topological polar surface area (TPSA) is 109 Å². The number of ether oxygens (including phenoxy) is 2. The Kier molecular flexibility index (Phi) is 8.55. The Bertz CT molecular complexity index is 1040. The van der Waals surface area contributed by atoms with Crippen molar-refractivity contribution >= 4 is 41.0 Å². The molecule has 1 fully saturated rings. The molecule has 0 unspecified atom stereocenters. The molecule has 2 N–H and O–H groups in total. The summed E-state index contributed by atoms with van der Waals surface area (Å²) in [6, 6.07) is 2.66. The first kappa shape index (κ1) is 26.7. The van der Waals surface area contributed by atoms with E-state index >= 15 is 0 Å². The Labute approximate surface area is 208 Å². The van der Waals surface area contributed by atoms with Gasteiger partial charge in [0.2, 0.25) is 0 Å². The molecule has 190 valence electrons. The van der Waals surface area contributed by atoms with Crippen molar-refractivity contribution in [1.29, 1.82) is 0 Å². The van der Waals surface area contributed by atoms with Crippen molar-refractivity contribution in [2.75, 3.05) is 13.1 Å². The molecule has 2 heterocycles. The van der Waals surface area contributed by atoms with Gasteiger partial charge in [0.15, 0.2) is 5.17 Å². The van der Waals surface area contributed by atoms with Gasteiger partial charge in [0.05, 0.1) is 4.91 Å². The van der Waals surface area contributed by atoms with E-state index in [0.29, 0.717) is 15.6 Å². The summed E-state index contributed by atoms with van der Waals surface area (Å²) >= 11 is 1.19. The lowest BCUT2D eigenvalue weighted by molar-refractivity contribution is -0.138. The highest BCUT2D eigenvalue weighted by Gasteiger charge is 2.30. The first-order valence-electron chi connectivity index (χ1n) is 11.5. The average molecular weight is 507 g/mol. The van der Waals surface area contributed by atoms with E-state index < -0.39 is 35.4 Å². The van der Waals surface area contributed by atoms with Crippen molar-refractivity contribution in [1.82, 2.24) is 15.8 Å². The first-order valence-corrected chi connectivity index (χ1v) is 12.3. The molecule has 0 spiro atoms. The molecule has 2 aliphatic heterocycles. The molecule has 35 heavy (non-hydrogen) atoms. The second kappa shape index (κ2) is 11.2. The van der Waals surface area contributed by atoms with Gasteiger partial charge < -0.3 is 14.8 Å². The lowest BCUT2D eigenvalue weighted by Crippen LogP contribution is -2.48. The maximum atomic E-state index is 14.0. The van der Waals surface area contributed by atoms with Crippen LogP contribution in [0.1, 0.15) is 53.0 Å². The number of rotatable bonds is 5. The molecule has 1 aromatic rings. The summed E-state index contributed by atoms with van der Waals surface area (Å²) in [6.07, 6.45) is 2.79. The maximum absolute atomic E-state index is 14.0. The number of hydrogen-bond donors (Lipinski definition) is 2. The Balaban J connectivity index is 1.77. The molecule has 1 atom stereocenters. The molecule has 0 aliphatic carbocycles. The number of nitrogens with one attached hydrogen (secondary N) is 2. The van der Waals surface area contributed by atoms with E-state index in [1.54, 1.807) is 34.6 Å². The normalized spacial score (nSPS) is 18.5. The fraction of sp³-hybridized carbons (Fsp3) is 0.500. The van der Waals surface area contributed by atoms with Crippen molar-refractivity contribution in [3.05, 3.63) is 34.5 Å². The standard InChI is InChI=1S/C24H31FN4O5S/c1-14(2)19(27-23(32)34-24(3,4)5)21(31)33-17-13-16(25)9-8-15(17)12-18-20(30)28-22(35-18)29-11-7-6-10-26-29/h8-9,12-14,19,26H,6-7,10-11H2,1-5H3,(H,27,32)/t19-/m1/s1. The van der Waals surface area contributed by atoms with Crippen molar-refractivity contribution in [2.45, 2.75) is 59.1 Å². The van der Waals surface area contributed by atoms with Crippen LogP contribution in [0.3, 0.4) is 0 Å². The molecule has 0 bridgehead atoms. The minimum Gasteiger partial charge on any atom is -0.444 e. The first-order chi connectivity index (χ1) is 16.4. The van der Waals surface area contributed by atoms with Crippen LogP contribution in [0.4, 0.5) is 9.18 Å². The molecule has 0 radical (unpaired) electrons. The van der Waals surface area contributed by atoms with Crippen LogP contribution in [0.25, 0.3) is 6.08 Å². The number of hydrogen-bond acceptors (Lipinski definition) is 8. The molecule has 11 heteroatoms. The number of hydrazine groups is 1. The van der Waals surface area contributed by atoms with E-state index in [9.17, 15) is 18.8 Å². The number of amidine groups is 1. The van der Waals surface area contributed by atoms with Crippen LogP contribution < -0.4 is 15.5 Å². The van der Waals surface area contributed by atoms with Crippen molar-refractivity contribution < 1.29 is 28.2 Å². The SMILES string of the molecule is CC(C)[C@@H](NC(=O)OC(C)(C)C)C(=O)Oc1cc(F)ccc1C=C1SC(N2CCCCN2)=NC1=O. The van der Waals surface area contributed by atoms with Gasteiger partial charge in [-0.25, -0.2) is 19.4 Å². The molecule has 1 saturated heterocycles. The van der Waals surface area contributed by atoms with Crippen molar-refractivity contribution in [3.8, 4) is 5.75 Å². The minimum atomic E-state index is -1.03. The highest BCUT2D eigenvalue weighted by molar-refractivity contribution is 8.18. The number of esters is 1. The zero-order valence-electron chi connectivity index (χ0n) is 20.5. The average Bonchev–Trinajstić information content (AvgIpc) is 3.13. The summed E-state index contributed by atoms with van der Waals surface area (Å²) in [5.74, 6) is -2.22. The number of nitrogens with zero attached hydrogens (tertiary/aromatic N) is 2. The number of halogens is 1. The van der Waals surface area contributed by atoms with Crippen molar-refractivity contribution in [2.24, 2.45) is 10.9 Å². The summed E-state index contributed by atoms with van der Waals surface area (Å²) in [6.45, 7) is 10.1. The van der Waals surface area contributed by atoms with Gasteiger partial charge in [-0.2, -0.15) is 4.99 Å². The molecule has 1 aromatic carbocycles. The van der Waals surface area contributed by atoms with Gasteiger partial charge >= 0.3 is 12.1 Å². The molecule has 0 aromatic heterocycles. The largest absolute Gasteiger partial charge is 0.444 e. The van der Waals surface area contributed by atoms with E-state index in [4.69, 9.17) is 9.47 Å². The van der Waals surface area contributed by atoms with Crippen LogP contribution >= 0.6 is 11.8 Å². The molecular formula is C24H31FN4O5S. The summed E-state index contributed by atoms with van der Waals surface area (Å²) < 4.78 is 24.8. The fourth-order valence-electron chi connectivity index (χ4n) is 3.33. The smallest absolute Gasteiger partial charge is 0.408 e. The third kappa shape index (κ3) is 7.53. The van der Waals surface area contributed by atoms with Crippen LogP contribution in [0, 0.1) is 11.7 Å². The zero-order valence-corrected chi connectivity index (χ0v) is 21.3. The molecule has 3 rings (SSSR count). The third-order valence-corrected chi connectivity index (χ3v) is 6.02. The van der Waals surface area contributed by atoms with Gasteiger partial charge in [0, 0.05) is 24.7 Å². The van der Waals surface area contributed by atoms with Gasteiger partial charge in [-0.3, -0.25) is 9.80 Å². The second-order valence-corrected chi connectivity index (χ2v) is 10.6. The number of carbonyl (C=O) groups is 3. The highest BCUT2D eigenvalue weighted by atomic mass is 32.2. The number of carbonyl (C=O) groups excluding carboxylic acids is 3. The van der Waals surface area contributed by atoms with Gasteiger partial charge in [-0.1, -0.05) is 13.8 Å². The number of benzene rings is 1. The van der Waals surface area contributed by atoms with Crippen LogP contribution in [-0.4, -0.2) is 52.9 Å². The van der Waals surface area contributed by atoms with Crippen LogP contribution in [0.5, 0.6) is 5.75 Å². The molecule has 0 saturated carbocycles. The molecule has 2 aliphatic rings. The summed E-state index contributed by atoms with van der Waals surface area (Å²) in [5.41, 5.74) is 2.79. The maximum Gasteiger partial charge on any atom is 0.408 e. The van der Waals surface area contributed by atoms with Crippen LogP contribution in [-0.2, 0) is 14.3 Å². The quantitative estimate of drug-likeness (QED) is 0.352. The monoisotopic (exact) mass is 506 g/mol. The van der Waals surface area contributed by atoms with Crippen LogP contribution in [0.15, 0.2) is 28.1 Å². The molecule has 9 nitrogen and oxygen atoms in total. The predicted octanol–water partition coefficient (Wildman–Crippen LogP) is 3.85. The van der Waals surface area contributed by atoms with Crippen LogP contribution in [0.2, 0.25) is 0 Å². The summed E-state index contributed by atoms with van der Waals surface area (Å²) in [5, 5.41) is 4.90. The van der Waals surface area contributed by atoms with Gasteiger partial charge in [0.1, 0.15) is 23.2 Å². The lowest BCUT2D eigenvalue weighted by atomic mass is 10.0. The molecule has 2 amide bonds. The predicted molar refractivity (Wildman–Crippen MR) is 132 cm³/mol. The van der Waals surface area contributed by atoms with E-state index in [0.717, 1.165) is 32.0 Å². The fourth-order valence-corrected chi connectivity index (χ4v) is 4.24. The van der Waals surface area contributed by atoms with Crippen molar-refractivity contribution in [3.63, 3.8) is 0 Å². The number of aliphatic imine (C=N–C) groups is 1.